The zero-order valence-electron chi connectivity index (χ0n) is 10.5. The molecule has 1 aromatic heterocycles. The number of sulfone groups is 1. The van der Waals surface area contributed by atoms with E-state index in [4.69, 9.17) is 5.84 Å². The van der Waals surface area contributed by atoms with Crippen LogP contribution in [0.5, 0.6) is 0 Å². The fourth-order valence-corrected chi connectivity index (χ4v) is 4.40. The smallest absolute Gasteiger partial charge is 0.150 e. The van der Waals surface area contributed by atoms with E-state index in [9.17, 15) is 8.42 Å². The Hall–Kier alpha value is -0.920. The van der Waals surface area contributed by atoms with Gasteiger partial charge in [-0.25, -0.2) is 13.4 Å². The standard InChI is InChI=1S/C11H20N4O2S/c1-15-6-5-13-11(15)3-2-10(14-12)9-4-7-18(16,17)8-9/h5-6,9-10,14H,2-4,7-8,12H2,1H3. The zero-order chi connectivity index (χ0) is 13.2. The van der Waals surface area contributed by atoms with Gasteiger partial charge in [0.1, 0.15) is 5.82 Å². The van der Waals surface area contributed by atoms with Crippen LogP contribution >= 0.6 is 0 Å². The molecule has 2 atom stereocenters. The Balaban J connectivity index is 1.92. The highest BCUT2D eigenvalue weighted by Crippen LogP contribution is 2.23. The molecule has 1 aliphatic heterocycles. The van der Waals surface area contributed by atoms with Crippen molar-refractivity contribution >= 4 is 9.84 Å². The van der Waals surface area contributed by atoms with Crippen molar-refractivity contribution in [1.82, 2.24) is 15.0 Å². The summed E-state index contributed by atoms with van der Waals surface area (Å²) < 4.78 is 24.9. The second-order valence-corrected chi connectivity index (χ2v) is 7.16. The van der Waals surface area contributed by atoms with E-state index in [1.165, 1.54) is 0 Å². The molecule has 3 N–H and O–H groups in total. The van der Waals surface area contributed by atoms with E-state index in [-0.39, 0.29) is 23.5 Å². The van der Waals surface area contributed by atoms with E-state index in [1.807, 2.05) is 17.8 Å². The van der Waals surface area contributed by atoms with Gasteiger partial charge in [-0.3, -0.25) is 11.3 Å². The molecule has 0 radical (unpaired) electrons. The van der Waals surface area contributed by atoms with Crippen molar-refractivity contribution in [1.29, 1.82) is 0 Å². The van der Waals surface area contributed by atoms with Crippen molar-refractivity contribution in [2.45, 2.75) is 25.3 Å². The number of aryl methyl sites for hydroxylation is 2. The third kappa shape index (κ3) is 3.09. The molecule has 102 valence electrons. The Labute approximate surface area is 107 Å². The number of nitrogens with zero attached hydrogens (tertiary/aromatic N) is 2. The highest BCUT2D eigenvalue weighted by molar-refractivity contribution is 7.91. The lowest BCUT2D eigenvalue weighted by Gasteiger charge is -2.21. The van der Waals surface area contributed by atoms with E-state index in [0.29, 0.717) is 6.42 Å². The fourth-order valence-electron chi connectivity index (χ4n) is 2.52. The lowest BCUT2D eigenvalue weighted by Crippen LogP contribution is -2.41. The normalized spacial score (nSPS) is 24.2. The van der Waals surface area contributed by atoms with Crippen LogP contribution in [0.3, 0.4) is 0 Å². The molecule has 0 bridgehead atoms. The molecule has 6 nitrogen and oxygen atoms in total. The van der Waals surface area contributed by atoms with E-state index < -0.39 is 9.84 Å². The first-order chi connectivity index (χ1) is 8.52. The predicted octanol–water partition coefficient (Wildman–Crippen LogP) is -0.381. The molecule has 0 aliphatic carbocycles. The Morgan fingerprint density at radius 3 is 2.94 bits per heavy atom. The van der Waals surface area contributed by atoms with Crippen molar-refractivity contribution in [3.63, 3.8) is 0 Å². The molecule has 0 spiro atoms. The Morgan fingerprint density at radius 1 is 1.67 bits per heavy atom. The second kappa shape index (κ2) is 5.38. The van der Waals surface area contributed by atoms with Gasteiger partial charge in [-0.15, -0.1) is 0 Å². The predicted molar refractivity (Wildman–Crippen MR) is 69.4 cm³/mol. The van der Waals surface area contributed by atoms with Gasteiger partial charge in [0, 0.05) is 31.9 Å². The highest BCUT2D eigenvalue weighted by Gasteiger charge is 2.33. The van der Waals surface area contributed by atoms with Crippen LogP contribution < -0.4 is 11.3 Å². The molecule has 0 saturated carbocycles. The van der Waals surface area contributed by atoms with Gasteiger partial charge >= 0.3 is 0 Å². The van der Waals surface area contributed by atoms with Gasteiger partial charge in [0.05, 0.1) is 11.5 Å². The maximum atomic E-state index is 11.5. The third-order valence-electron chi connectivity index (χ3n) is 3.65. The van der Waals surface area contributed by atoms with Crippen LogP contribution in [0.4, 0.5) is 0 Å². The van der Waals surface area contributed by atoms with E-state index in [0.717, 1.165) is 18.7 Å². The number of rotatable bonds is 5. The minimum Gasteiger partial charge on any atom is -0.338 e. The number of nitrogens with one attached hydrogen (secondary N) is 1. The highest BCUT2D eigenvalue weighted by atomic mass is 32.2. The van der Waals surface area contributed by atoms with Crippen molar-refractivity contribution in [2.75, 3.05) is 11.5 Å². The molecule has 1 fully saturated rings. The minimum absolute atomic E-state index is 0.0407. The molecular weight excluding hydrogens is 252 g/mol. The van der Waals surface area contributed by atoms with Crippen LogP contribution in [-0.2, 0) is 23.3 Å². The Kier molecular flexibility index (Phi) is 4.04. The second-order valence-electron chi connectivity index (χ2n) is 4.93. The van der Waals surface area contributed by atoms with Crippen molar-refractivity contribution < 1.29 is 8.42 Å². The number of hydrogen-bond acceptors (Lipinski definition) is 5. The quantitative estimate of drug-likeness (QED) is 0.563. The summed E-state index contributed by atoms with van der Waals surface area (Å²) in [4.78, 5) is 4.25. The number of hydrogen-bond donors (Lipinski definition) is 2. The number of imidazole rings is 1. The molecule has 0 aromatic carbocycles. The summed E-state index contributed by atoms with van der Waals surface area (Å²) >= 11 is 0. The van der Waals surface area contributed by atoms with E-state index in [2.05, 4.69) is 10.4 Å². The fraction of sp³-hybridized carbons (Fsp3) is 0.727. The average Bonchev–Trinajstić information content (AvgIpc) is 2.87. The van der Waals surface area contributed by atoms with Gasteiger partial charge in [-0.2, -0.15) is 0 Å². The molecule has 2 heterocycles. The molecule has 7 heteroatoms. The number of hydrazine groups is 1. The number of nitrogens with two attached hydrogens (primary N) is 1. The summed E-state index contributed by atoms with van der Waals surface area (Å²) in [7, 11) is -0.896. The molecule has 2 rings (SSSR count). The average molecular weight is 272 g/mol. The lowest BCUT2D eigenvalue weighted by molar-refractivity contribution is 0.364. The van der Waals surface area contributed by atoms with Crippen LogP contribution in [0.15, 0.2) is 12.4 Å². The van der Waals surface area contributed by atoms with Crippen LogP contribution in [-0.4, -0.2) is 35.5 Å². The first kappa shape index (κ1) is 13.5. The maximum absolute atomic E-state index is 11.5. The minimum atomic E-state index is -2.85. The molecule has 1 saturated heterocycles. The van der Waals surface area contributed by atoms with Crippen LogP contribution in [0.25, 0.3) is 0 Å². The monoisotopic (exact) mass is 272 g/mol. The molecule has 2 unspecified atom stereocenters. The SMILES string of the molecule is Cn1ccnc1CCC(NN)C1CCS(=O)(=O)C1. The summed E-state index contributed by atoms with van der Waals surface area (Å²) in [6.45, 7) is 0. The van der Waals surface area contributed by atoms with Crippen LogP contribution in [0, 0.1) is 5.92 Å². The van der Waals surface area contributed by atoms with Gasteiger partial charge in [0.15, 0.2) is 9.84 Å². The van der Waals surface area contributed by atoms with E-state index >= 15 is 0 Å². The van der Waals surface area contributed by atoms with E-state index in [1.54, 1.807) is 6.20 Å². The largest absolute Gasteiger partial charge is 0.338 e. The van der Waals surface area contributed by atoms with Gasteiger partial charge in [-0.05, 0) is 18.8 Å². The molecule has 0 amide bonds. The summed E-state index contributed by atoms with van der Waals surface area (Å²) in [5.41, 5.74) is 2.76. The third-order valence-corrected chi connectivity index (χ3v) is 5.44. The molecular formula is C11H20N4O2S. The number of aromatic nitrogens is 2. The molecule has 1 aliphatic rings. The summed E-state index contributed by atoms with van der Waals surface area (Å²) in [6.07, 6.45) is 5.98. The van der Waals surface area contributed by atoms with Crippen molar-refractivity contribution in [3.05, 3.63) is 18.2 Å². The topological polar surface area (TPSA) is 90.0 Å². The molecule has 1 aromatic rings. The molecule has 18 heavy (non-hydrogen) atoms. The van der Waals surface area contributed by atoms with Gasteiger partial charge in [-0.1, -0.05) is 0 Å². The Bertz CT molecular complexity index is 497. The van der Waals surface area contributed by atoms with Crippen molar-refractivity contribution in [3.8, 4) is 0 Å². The zero-order valence-corrected chi connectivity index (χ0v) is 11.4. The summed E-state index contributed by atoms with van der Waals surface area (Å²) in [5, 5.41) is 0. The Morgan fingerprint density at radius 2 is 2.44 bits per heavy atom. The van der Waals surface area contributed by atoms with Crippen LogP contribution in [0.2, 0.25) is 0 Å². The first-order valence-electron chi connectivity index (χ1n) is 6.14. The maximum Gasteiger partial charge on any atom is 0.150 e. The lowest BCUT2D eigenvalue weighted by atomic mass is 9.95. The van der Waals surface area contributed by atoms with Gasteiger partial charge in [0.2, 0.25) is 0 Å². The first-order valence-corrected chi connectivity index (χ1v) is 7.97. The summed E-state index contributed by atoms with van der Waals surface area (Å²) in [6, 6.07) is 0.0407. The van der Waals surface area contributed by atoms with Gasteiger partial charge < -0.3 is 4.57 Å². The van der Waals surface area contributed by atoms with Crippen LogP contribution in [0.1, 0.15) is 18.7 Å². The van der Waals surface area contributed by atoms with Crippen molar-refractivity contribution in [2.24, 2.45) is 18.8 Å². The van der Waals surface area contributed by atoms with Gasteiger partial charge in [0.25, 0.3) is 0 Å². The summed E-state index contributed by atoms with van der Waals surface area (Å²) in [5.74, 6) is 7.21.